The molecule has 0 unspecified atom stereocenters. The monoisotopic (exact) mass is 121 g/mol. The Labute approximate surface area is 44.8 Å². The van der Waals surface area contributed by atoms with E-state index in [0.29, 0.717) is 5.11 Å². The van der Waals surface area contributed by atoms with Crippen molar-refractivity contribution >= 4 is 27.7 Å². The average molecular weight is 121 g/mol. The summed E-state index contributed by atoms with van der Waals surface area (Å²) in [7, 11) is 0.858. The van der Waals surface area contributed by atoms with Gasteiger partial charge in [0.25, 0.3) is 0 Å². The quantitative estimate of drug-likeness (QED) is 0.206. The molecule has 3 nitrogen and oxygen atoms in total. The highest BCUT2D eigenvalue weighted by Gasteiger charge is 1.72. The molecule has 0 atom stereocenters. The van der Waals surface area contributed by atoms with Crippen molar-refractivity contribution in [3.05, 3.63) is 0 Å². The largest absolute Gasteiger partial charge is 0.375 e. The van der Waals surface area contributed by atoms with Crippen LogP contribution in [0.4, 0.5) is 0 Å². The van der Waals surface area contributed by atoms with Crippen molar-refractivity contribution in [3.63, 3.8) is 0 Å². The van der Waals surface area contributed by atoms with Crippen molar-refractivity contribution in [3.8, 4) is 0 Å². The Morgan fingerprint density at radius 3 is 2.33 bits per heavy atom. The van der Waals surface area contributed by atoms with E-state index in [1.165, 1.54) is 0 Å². The molecule has 0 aromatic carbocycles. The third-order valence-corrected chi connectivity index (χ3v) is 0.600. The van der Waals surface area contributed by atoms with Crippen LogP contribution in [0.1, 0.15) is 0 Å². The first-order chi connectivity index (χ1) is 2.77. The fourth-order valence-electron chi connectivity index (χ4n) is 0.123. The van der Waals surface area contributed by atoms with Crippen LogP contribution < -0.4 is 16.3 Å². The summed E-state index contributed by atoms with van der Waals surface area (Å²) >= 11 is 4.42. The summed E-state index contributed by atoms with van der Waals surface area (Å²) < 4.78 is 0. The van der Waals surface area contributed by atoms with Crippen molar-refractivity contribution in [2.24, 2.45) is 5.73 Å². The van der Waals surface area contributed by atoms with Gasteiger partial charge in [0.2, 0.25) is 0 Å². The van der Waals surface area contributed by atoms with Crippen LogP contribution in [0, 0.1) is 0 Å². The minimum Gasteiger partial charge on any atom is -0.375 e. The van der Waals surface area contributed by atoms with Gasteiger partial charge in [-0.2, -0.15) is 0 Å². The number of nitrogens with one attached hydrogen (secondary N) is 2. The zero-order valence-corrected chi connectivity index (χ0v) is 6.30. The van der Waals surface area contributed by atoms with Crippen molar-refractivity contribution in [1.29, 1.82) is 0 Å². The van der Waals surface area contributed by atoms with Gasteiger partial charge in [-0.15, -0.1) is 0 Å². The molecule has 0 heterocycles. The summed E-state index contributed by atoms with van der Waals surface area (Å²) in [5.74, 6) is 0. The SMILES string of the molecule is NC(=S)NN[SiH3]. The van der Waals surface area contributed by atoms with Crippen LogP contribution in [0.15, 0.2) is 0 Å². The first-order valence-electron chi connectivity index (χ1n) is 1.49. The van der Waals surface area contributed by atoms with Crippen molar-refractivity contribution < 1.29 is 0 Å². The molecule has 0 aliphatic rings. The topological polar surface area (TPSA) is 50.1 Å². The number of thiocarbonyl (C=S) groups is 1. The van der Waals surface area contributed by atoms with Gasteiger partial charge in [0.05, 0.1) is 0 Å². The normalized spacial score (nSPS) is 8.00. The lowest BCUT2D eigenvalue weighted by Crippen LogP contribution is -2.38. The van der Waals surface area contributed by atoms with Gasteiger partial charge in [0.1, 0.15) is 10.4 Å². The molecule has 0 rings (SSSR count). The van der Waals surface area contributed by atoms with Gasteiger partial charge >= 0.3 is 0 Å². The highest BCUT2D eigenvalue weighted by Crippen LogP contribution is 1.43. The summed E-state index contributed by atoms with van der Waals surface area (Å²) in [6, 6.07) is 0. The van der Waals surface area contributed by atoms with Crippen LogP contribution in [0.3, 0.4) is 0 Å². The van der Waals surface area contributed by atoms with Gasteiger partial charge < -0.3 is 11.2 Å². The number of hydrogen-bond acceptors (Lipinski definition) is 2. The highest BCUT2D eigenvalue weighted by atomic mass is 32.1. The minimum atomic E-state index is 0.296. The van der Waals surface area contributed by atoms with Crippen LogP contribution in [-0.4, -0.2) is 15.5 Å². The maximum atomic E-state index is 4.98. The molecular formula is CH7N3SSi. The van der Waals surface area contributed by atoms with Gasteiger partial charge in [0.15, 0.2) is 5.11 Å². The van der Waals surface area contributed by atoms with E-state index in [1.807, 2.05) is 0 Å². The summed E-state index contributed by atoms with van der Waals surface area (Å²) in [5, 5.41) is 2.99. The number of hydrazine groups is 1. The second kappa shape index (κ2) is 3.07. The zero-order valence-electron chi connectivity index (χ0n) is 3.49. The van der Waals surface area contributed by atoms with Gasteiger partial charge in [-0.1, -0.05) is 0 Å². The van der Waals surface area contributed by atoms with Crippen LogP contribution in [0.5, 0.6) is 0 Å². The summed E-state index contributed by atoms with van der Waals surface area (Å²) in [6.45, 7) is 0. The van der Waals surface area contributed by atoms with E-state index in [-0.39, 0.29) is 0 Å². The molecule has 0 spiro atoms. The van der Waals surface area contributed by atoms with E-state index in [0.717, 1.165) is 10.4 Å². The lowest BCUT2D eigenvalue weighted by atomic mass is 11.2. The third-order valence-electron chi connectivity index (χ3n) is 0.248. The molecular weight excluding hydrogens is 114 g/mol. The molecule has 0 saturated heterocycles. The second-order valence-electron chi connectivity index (χ2n) is 0.739. The molecule has 0 saturated carbocycles. The Kier molecular flexibility index (Phi) is 3.00. The lowest BCUT2D eigenvalue weighted by molar-refractivity contribution is 0.916. The number of hydrogen-bond donors (Lipinski definition) is 3. The Balaban J connectivity index is 2.83. The zero-order chi connectivity index (χ0) is 4.99. The Morgan fingerprint density at radius 2 is 2.33 bits per heavy atom. The maximum Gasteiger partial charge on any atom is 0.177 e. The Morgan fingerprint density at radius 1 is 1.83 bits per heavy atom. The van der Waals surface area contributed by atoms with Gasteiger partial charge in [-0.3, -0.25) is 5.09 Å². The standard InChI is InChI=1S/CH7N3SSi/c2-1(5)3-4-6/h4H,6H3,(H3,2,3,5). The molecule has 0 aromatic heterocycles. The minimum absolute atomic E-state index is 0.296. The third kappa shape index (κ3) is 3.87. The Bertz CT molecular complexity index is 54.8. The van der Waals surface area contributed by atoms with E-state index in [2.05, 4.69) is 22.7 Å². The first kappa shape index (κ1) is 5.87. The van der Waals surface area contributed by atoms with Crippen molar-refractivity contribution in [1.82, 2.24) is 10.5 Å². The van der Waals surface area contributed by atoms with Crippen LogP contribution in [0.25, 0.3) is 0 Å². The predicted molar refractivity (Wildman–Crippen MR) is 33.0 cm³/mol. The van der Waals surface area contributed by atoms with Gasteiger partial charge in [-0.05, 0) is 12.2 Å². The molecule has 6 heavy (non-hydrogen) atoms. The molecule has 0 aliphatic carbocycles. The van der Waals surface area contributed by atoms with Crippen LogP contribution in [0.2, 0.25) is 0 Å². The molecule has 0 aromatic rings. The van der Waals surface area contributed by atoms with E-state index in [9.17, 15) is 0 Å². The molecule has 0 fully saturated rings. The first-order valence-corrected chi connectivity index (χ1v) is 2.90. The van der Waals surface area contributed by atoms with E-state index >= 15 is 0 Å². The lowest BCUT2D eigenvalue weighted by Gasteiger charge is -1.95. The summed E-state index contributed by atoms with van der Waals surface area (Å²) in [5.41, 5.74) is 7.51. The predicted octanol–water partition coefficient (Wildman–Crippen LogP) is -2.40. The fourth-order valence-corrected chi connectivity index (χ4v) is 0.676. The molecule has 0 radical (unpaired) electrons. The van der Waals surface area contributed by atoms with E-state index in [1.54, 1.807) is 0 Å². The Hall–Kier alpha value is -0.133. The van der Waals surface area contributed by atoms with Crippen molar-refractivity contribution in [2.45, 2.75) is 0 Å². The smallest absolute Gasteiger partial charge is 0.177 e. The molecule has 0 bridgehead atoms. The van der Waals surface area contributed by atoms with Gasteiger partial charge in [0, 0.05) is 0 Å². The molecule has 5 heteroatoms. The molecule has 4 N–H and O–H groups in total. The second-order valence-corrected chi connectivity index (χ2v) is 1.68. The van der Waals surface area contributed by atoms with Gasteiger partial charge in [-0.25, -0.2) is 0 Å². The maximum absolute atomic E-state index is 4.98. The average Bonchev–Trinajstić information content (AvgIpc) is 1.35. The summed E-state index contributed by atoms with van der Waals surface area (Å²) in [4.78, 5) is 0. The van der Waals surface area contributed by atoms with Crippen LogP contribution >= 0.6 is 12.2 Å². The fraction of sp³-hybridized carbons (Fsp3) is 0. The molecule has 0 amide bonds. The number of rotatable bonds is 1. The van der Waals surface area contributed by atoms with Crippen LogP contribution in [-0.2, 0) is 0 Å². The molecule has 0 aliphatic heterocycles. The van der Waals surface area contributed by atoms with Crippen molar-refractivity contribution in [2.75, 3.05) is 0 Å². The van der Waals surface area contributed by atoms with E-state index in [4.69, 9.17) is 5.73 Å². The summed E-state index contributed by atoms with van der Waals surface area (Å²) in [6.07, 6.45) is 0. The highest BCUT2D eigenvalue weighted by molar-refractivity contribution is 7.80. The number of nitrogens with two attached hydrogens (primary N) is 1. The van der Waals surface area contributed by atoms with E-state index < -0.39 is 0 Å². The molecule has 36 valence electrons.